The molecule has 100 valence electrons. The molecule has 2 rings (SSSR count). The molecule has 0 spiro atoms. The van der Waals surface area contributed by atoms with Gasteiger partial charge in [-0.1, -0.05) is 19.4 Å². The molecule has 0 aliphatic heterocycles. The summed E-state index contributed by atoms with van der Waals surface area (Å²) in [5.74, 6) is -1.41. The Labute approximate surface area is 109 Å². The van der Waals surface area contributed by atoms with Crippen LogP contribution in [-0.4, -0.2) is 33.2 Å². The van der Waals surface area contributed by atoms with Gasteiger partial charge in [0.05, 0.1) is 11.7 Å². The van der Waals surface area contributed by atoms with E-state index in [1.807, 2.05) is 6.92 Å². The summed E-state index contributed by atoms with van der Waals surface area (Å²) in [6.07, 6.45) is 2.76. The topological polar surface area (TPSA) is 95.1 Å². The third-order valence-electron chi connectivity index (χ3n) is 2.88. The van der Waals surface area contributed by atoms with E-state index in [-0.39, 0.29) is 0 Å². The normalized spacial score (nSPS) is 12.3. The highest BCUT2D eigenvalue weighted by atomic mass is 16.4. The minimum absolute atomic E-state index is 0.391. The van der Waals surface area contributed by atoms with Crippen molar-refractivity contribution in [3.8, 4) is 0 Å². The molecule has 6 heteroatoms. The maximum atomic E-state index is 12.0. The van der Waals surface area contributed by atoms with Gasteiger partial charge in [-0.2, -0.15) is 5.10 Å². The van der Waals surface area contributed by atoms with Crippen molar-refractivity contribution >= 4 is 22.8 Å². The Bertz CT molecular complexity index is 606. The summed E-state index contributed by atoms with van der Waals surface area (Å²) in [6, 6.07) is 4.22. The first-order valence-electron chi connectivity index (χ1n) is 6.08. The van der Waals surface area contributed by atoms with E-state index in [4.69, 9.17) is 5.11 Å². The number of aliphatic carboxylic acids is 1. The van der Waals surface area contributed by atoms with Gasteiger partial charge in [0.25, 0.3) is 5.91 Å². The summed E-state index contributed by atoms with van der Waals surface area (Å²) in [6.45, 7) is 1.87. The number of nitrogens with one attached hydrogen (secondary N) is 2. The first-order valence-corrected chi connectivity index (χ1v) is 6.08. The third-order valence-corrected chi connectivity index (χ3v) is 2.88. The number of nitrogens with zero attached hydrogens (tertiary/aromatic N) is 1. The highest BCUT2D eigenvalue weighted by Gasteiger charge is 2.19. The molecule has 1 heterocycles. The Kier molecular flexibility index (Phi) is 3.79. The molecule has 1 aromatic carbocycles. The molecular weight excluding hydrogens is 246 g/mol. The monoisotopic (exact) mass is 261 g/mol. The summed E-state index contributed by atoms with van der Waals surface area (Å²) < 4.78 is 0. The van der Waals surface area contributed by atoms with Crippen LogP contribution in [0.25, 0.3) is 10.9 Å². The maximum absolute atomic E-state index is 12.0. The largest absolute Gasteiger partial charge is 0.480 e. The predicted molar refractivity (Wildman–Crippen MR) is 69.9 cm³/mol. The van der Waals surface area contributed by atoms with Gasteiger partial charge in [0, 0.05) is 10.9 Å². The van der Waals surface area contributed by atoms with E-state index in [2.05, 4.69) is 15.5 Å². The van der Waals surface area contributed by atoms with E-state index in [1.165, 1.54) is 0 Å². The number of hydrogen-bond donors (Lipinski definition) is 3. The Balaban J connectivity index is 2.16. The van der Waals surface area contributed by atoms with Gasteiger partial charge in [-0.05, 0) is 18.6 Å². The number of aromatic amines is 1. The standard InChI is InChI=1S/C13H15N3O3/c1-2-3-10(13(18)19)15-12(17)8-4-5-9-7-14-16-11(9)6-8/h4-7,10H,2-3H2,1H3,(H,14,16)(H,15,17)(H,18,19)/t10-/m1/s1. The maximum Gasteiger partial charge on any atom is 0.326 e. The van der Waals surface area contributed by atoms with Gasteiger partial charge >= 0.3 is 5.97 Å². The number of H-pyrrole nitrogens is 1. The highest BCUT2D eigenvalue weighted by Crippen LogP contribution is 2.13. The van der Waals surface area contributed by atoms with Crippen LogP contribution in [0.3, 0.4) is 0 Å². The van der Waals surface area contributed by atoms with E-state index in [0.717, 1.165) is 10.9 Å². The van der Waals surface area contributed by atoms with Gasteiger partial charge in [0.1, 0.15) is 6.04 Å². The Morgan fingerprint density at radius 3 is 2.95 bits per heavy atom. The lowest BCUT2D eigenvalue weighted by Gasteiger charge is -2.13. The van der Waals surface area contributed by atoms with Crippen LogP contribution in [0.15, 0.2) is 24.4 Å². The second-order valence-corrected chi connectivity index (χ2v) is 4.32. The molecule has 0 unspecified atom stereocenters. The molecule has 3 N–H and O–H groups in total. The summed E-state index contributed by atoms with van der Waals surface area (Å²) in [5, 5.41) is 19.1. The summed E-state index contributed by atoms with van der Waals surface area (Å²) in [5.41, 5.74) is 1.16. The zero-order valence-electron chi connectivity index (χ0n) is 10.5. The lowest BCUT2D eigenvalue weighted by Crippen LogP contribution is -2.40. The van der Waals surface area contributed by atoms with Crippen LogP contribution < -0.4 is 5.32 Å². The molecule has 6 nitrogen and oxygen atoms in total. The molecule has 1 amide bonds. The fraction of sp³-hybridized carbons (Fsp3) is 0.308. The Morgan fingerprint density at radius 2 is 2.26 bits per heavy atom. The van der Waals surface area contributed by atoms with Gasteiger partial charge in [-0.15, -0.1) is 0 Å². The number of carboxylic acids is 1. The number of fused-ring (bicyclic) bond motifs is 1. The van der Waals surface area contributed by atoms with Gasteiger partial charge in [-0.3, -0.25) is 9.89 Å². The molecule has 0 radical (unpaired) electrons. The summed E-state index contributed by atoms with van der Waals surface area (Å²) in [7, 11) is 0. The molecule has 0 saturated carbocycles. The van der Waals surface area contributed by atoms with Gasteiger partial charge in [-0.25, -0.2) is 4.79 Å². The molecule has 19 heavy (non-hydrogen) atoms. The van der Waals surface area contributed by atoms with Crippen molar-refractivity contribution in [2.24, 2.45) is 0 Å². The quantitative estimate of drug-likeness (QED) is 0.760. The number of carboxylic acid groups (broad SMARTS) is 1. The van der Waals surface area contributed by atoms with Crippen LogP contribution in [0.4, 0.5) is 0 Å². The average molecular weight is 261 g/mol. The minimum atomic E-state index is -1.02. The third kappa shape index (κ3) is 2.90. The molecule has 0 bridgehead atoms. The van der Waals surface area contributed by atoms with E-state index in [1.54, 1.807) is 24.4 Å². The van der Waals surface area contributed by atoms with Crippen LogP contribution in [-0.2, 0) is 4.79 Å². The van der Waals surface area contributed by atoms with Crippen molar-refractivity contribution in [1.82, 2.24) is 15.5 Å². The molecular formula is C13H15N3O3. The number of amides is 1. The van der Waals surface area contributed by atoms with Gasteiger partial charge < -0.3 is 10.4 Å². The molecule has 0 fully saturated rings. The molecule has 1 aromatic heterocycles. The van der Waals surface area contributed by atoms with Crippen molar-refractivity contribution in [1.29, 1.82) is 0 Å². The lowest BCUT2D eigenvalue weighted by atomic mass is 10.1. The van der Waals surface area contributed by atoms with Crippen LogP contribution in [0.1, 0.15) is 30.1 Å². The van der Waals surface area contributed by atoms with Crippen molar-refractivity contribution in [2.75, 3.05) is 0 Å². The van der Waals surface area contributed by atoms with Crippen molar-refractivity contribution < 1.29 is 14.7 Å². The van der Waals surface area contributed by atoms with E-state index in [0.29, 0.717) is 18.4 Å². The number of rotatable bonds is 5. The Morgan fingerprint density at radius 1 is 1.47 bits per heavy atom. The Hall–Kier alpha value is -2.37. The minimum Gasteiger partial charge on any atom is -0.480 e. The SMILES string of the molecule is CCC[C@@H](NC(=O)c1ccc2cn[nH]c2c1)C(=O)O. The molecule has 0 aliphatic rings. The number of carbonyl (C=O) groups excluding carboxylic acids is 1. The molecule has 2 aromatic rings. The number of benzene rings is 1. The predicted octanol–water partition coefficient (Wildman–Crippen LogP) is 1.55. The van der Waals surface area contributed by atoms with Crippen LogP contribution >= 0.6 is 0 Å². The van der Waals surface area contributed by atoms with Crippen molar-refractivity contribution in [2.45, 2.75) is 25.8 Å². The first kappa shape index (κ1) is 13.1. The van der Waals surface area contributed by atoms with E-state index in [9.17, 15) is 9.59 Å². The smallest absolute Gasteiger partial charge is 0.326 e. The number of carbonyl (C=O) groups is 2. The van der Waals surface area contributed by atoms with Crippen molar-refractivity contribution in [3.63, 3.8) is 0 Å². The zero-order chi connectivity index (χ0) is 13.8. The lowest BCUT2D eigenvalue weighted by molar-refractivity contribution is -0.139. The van der Waals surface area contributed by atoms with E-state index < -0.39 is 17.9 Å². The average Bonchev–Trinajstić information content (AvgIpc) is 2.85. The van der Waals surface area contributed by atoms with Crippen molar-refractivity contribution in [3.05, 3.63) is 30.0 Å². The number of hydrogen-bond acceptors (Lipinski definition) is 3. The highest BCUT2D eigenvalue weighted by molar-refractivity contribution is 5.99. The second kappa shape index (κ2) is 5.51. The fourth-order valence-electron chi connectivity index (χ4n) is 1.87. The first-order chi connectivity index (χ1) is 9.11. The molecule has 1 atom stereocenters. The van der Waals surface area contributed by atoms with Crippen LogP contribution in [0, 0.1) is 0 Å². The second-order valence-electron chi connectivity index (χ2n) is 4.32. The number of aromatic nitrogens is 2. The fourth-order valence-corrected chi connectivity index (χ4v) is 1.87. The summed E-state index contributed by atoms with van der Waals surface area (Å²) >= 11 is 0. The van der Waals surface area contributed by atoms with E-state index >= 15 is 0 Å². The zero-order valence-corrected chi connectivity index (χ0v) is 10.5. The van der Waals surface area contributed by atoms with Crippen LogP contribution in [0.5, 0.6) is 0 Å². The van der Waals surface area contributed by atoms with Crippen LogP contribution in [0.2, 0.25) is 0 Å². The van der Waals surface area contributed by atoms with Gasteiger partial charge in [0.15, 0.2) is 0 Å². The summed E-state index contributed by atoms with van der Waals surface area (Å²) in [4.78, 5) is 23.0. The van der Waals surface area contributed by atoms with Gasteiger partial charge in [0.2, 0.25) is 0 Å². The molecule has 0 aliphatic carbocycles. The molecule has 0 saturated heterocycles.